The Morgan fingerprint density at radius 3 is 2.00 bits per heavy atom. The molecule has 0 saturated heterocycles. The van der Waals surface area contributed by atoms with E-state index in [0.717, 1.165) is 25.7 Å². The fourth-order valence-corrected chi connectivity index (χ4v) is 1.49. The number of halogens is 2. The molecule has 2 N–H and O–H groups in total. The Kier molecular flexibility index (Phi) is 3.60. The zero-order valence-corrected chi connectivity index (χ0v) is 7.09. The summed E-state index contributed by atoms with van der Waals surface area (Å²) in [4.78, 5) is 0. The number of rotatable bonds is 1. The molecule has 0 aliphatic heterocycles. The fraction of sp³-hybridized carbons (Fsp3) is 1.00. The first-order valence-electron chi connectivity index (χ1n) is 3.58. The Balaban J connectivity index is 0.000000810. The quantitative estimate of drug-likeness (QED) is 0.596. The normalized spacial score (nSPS) is 25.5. The van der Waals surface area contributed by atoms with E-state index >= 15 is 0 Å². The van der Waals surface area contributed by atoms with E-state index in [4.69, 9.17) is 5.73 Å². The highest BCUT2D eigenvalue weighted by Crippen LogP contribution is 2.32. The van der Waals surface area contributed by atoms with E-state index in [1.54, 1.807) is 0 Å². The molecule has 1 aliphatic carbocycles. The van der Waals surface area contributed by atoms with Gasteiger partial charge in [-0.15, -0.1) is 12.4 Å². The highest BCUT2D eigenvalue weighted by Gasteiger charge is 2.31. The first kappa shape index (κ1) is 10.2. The van der Waals surface area contributed by atoms with Crippen LogP contribution in [0.1, 0.15) is 32.6 Å². The van der Waals surface area contributed by atoms with Crippen LogP contribution in [0.3, 0.4) is 0 Å². The molecule has 0 aromatic carbocycles. The van der Waals surface area contributed by atoms with Gasteiger partial charge in [-0.1, -0.05) is 12.8 Å². The minimum absolute atomic E-state index is 0. The van der Waals surface area contributed by atoms with Crippen molar-refractivity contribution in [2.75, 3.05) is 0 Å². The van der Waals surface area contributed by atoms with Crippen molar-refractivity contribution < 1.29 is 4.39 Å². The van der Waals surface area contributed by atoms with Gasteiger partial charge in [-0.2, -0.15) is 0 Å². The van der Waals surface area contributed by atoms with E-state index in [1.165, 1.54) is 6.92 Å². The second-order valence-corrected chi connectivity index (χ2v) is 3.13. The molecular weight excluding hydrogens is 153 g/mol. The molecule has 1 aliphatic rings. The van der Waals surface area contributed by atoms with Gasteiger partial charge in [-0.25, -0.2) is 4.39 Å². The van der Waals surface area contributed by atoms with E-state index in [9.17, 15) is 4.39 Å². The topological polar surface area (TPSA) is 26.0 Å². The van der Waals surface area contributed by atoms with Crippen molar-refractivity contribution in [3.8, 4) is 0 Å². The van der Waals surface area contributed by atoms with E-state index in [-0.39, 0.29) is 18.3 Å². The lowest BCUT2D eigenvalue weighted by atomic mass is 9.98. The minimum atomic E-state index is -1.42. The van der Waals surface area contributed by atoms with Crippen LogP contribution < -0.4 is 5.73 Å². The van der Waals surface area contributed by atoms with Gasteiger partial charge in [0, 0.05) is 5.92 Å². The average Bonchev–Trinajstić information content (AvgIpc) is 2.08. The highest BCUT2D eigenvalue weighted by atomic mass is 35.5. The van der Waals surface area contributed by atoms with Crippen LogP contribution >= 0.6 is 12.4 Å². The van der Waals surface area contributed by atoms with Crippen LogP contribution in [0.2, 0.25) is 0 Å². The summed E-state index contributed by atoms with van der Waals surface area (Å²) in [6.07, 6.45) is 4.26. The highest BCUT2D eigenvalue weighted by molar-refractivity contribution is 5.85. The first-order valence-corrected chi connectivity index (χ1v) is 3.58. The first-order chi connectivity index (χ1) is 4.11. The summed E-state index contributed by atoms with van der Waals surface area (Å²) in [5.74, 6) is -1.30. The average molecular weight is 168 g/mol. The largest absolute Gasteiger partial charge is 0.299 e. The number of hydrogen-bond acceptors (Lipinski definition) is 1. The lowest BCUT2D eigenvalue weighted by Gasteiger charge is -2.21. The Hall–Kier alpha value is 0.180. The summed E-state index contributed by atoms with van der Waals surface area (Å²) < 4.78 is 12.9. The van der Waals surface area contributed by atoms with Gasteiger partial charge in [-0.3, -0.25) is 5.73 Å². The van der Waals surface area contributed by atoms with Crippen LogP contribution in [0.15, 0.2) is 0 Å². The SMILES string of the molecule is CC(N)(F)C1CCCC1.Cl. The van der Waals surface area contributed by atoms with Crippen LogP contribution in [-0.4, -0.2) is 5.79 Å². The van der Waals surface area contributed by atoms with E-state index in [1.807, 2.05) is 0 Å². The molecule has 3 heteroatoms. The van der Waals surface area contributed by atoms with Gasteiger partial charge in [0.25, 0.3) is 0 Å². The third kappa shape index (κ3) is 2.43. The molecule has 1 rings (SSSR count). The molecule has 0 heterocycles. The number of alkyl halides is 1. The Labute approximate surface area is 67.6 Å². The standard InChI is InChI=1S/C7H14FN.ClH/c1-7(8,9)6-4-2-3-5-6;/h6H,2-5,9H2,1H3;1H. The predicted octanol–water partition coefficient (Wildman–Crippen LogP) is 2.24. The molecule has 62 valence electrons. The minimum Gasteiger partial charge on any atom is -0.299 e. The van der Waals surface area contributed by atoms with Crippen LogP contribution in [0.5, 0.6) is 0 Å². The van der Waals surface area contributed by atoms with E-state index < -0.39 is 5.79 Å². The smallest absolute Gasteiger partial charge is 0.159 e. The molecular formula is C7H15ClFN. The summed E-state index contributed by atoms with van der Waals surface area (Å²) in [5.41, 5.74) is 5.27. The second-order valence-electron chi connectivity index (χ2n) is 3.13. The van der Waals surface area contributed by atoms with Crippen LogP contribution in [0.25, 0.3) is 0 Å². The maximum Gasteiger partial charge on any atom is 0.159 e. The van der Waals surface area contributed by atoms with Gasteiger partial charge in [0.05, 0.1) is 0 Å². The summed E-state index contributed by atoms with van der Waals surface area (Å²) in [7, 11) is 0. The molecule has 1 nitrogen and oxygen atoms in total. The predicted molar refractivity (Wildman–Crippen MR) is 42.9 cm³/mol. The molecule has 1 atom stereocenters. The van der Waals surface area contributed by atoms with E-state index in [2.05, 4.69) is 0 Å². The molecule has 1 saturated carbocycles. The van der Waals surface area contributed by atoms with Gasteiger partial charge >= 0.3 is 0 Å². The maximum absolute atomic E-state index is 12.9. The molecule has 1 fully saturated rings. The van der Waals surface area contributed by atoms with Gasteiger partial charge in [0.1, 0.15) is 0 Å². The van der Waals surface area contributed by atoms with E-state index in [0.29, 0.717) is 0 Å². The van der Waals surface area contributed by atoms with Crippen molar-refractivity contribution in [3.63, 3.8) is 0 Å². The van der Waals surface area contributed by atoms with Crippen molar-refractivity contribution in [1.29, 1.82) is 0 Å². The van der Waals surface area contributed by atoms with Crippen molar-refractivity contribution in [3.05, 3.63) is 0 Å². The monoisotopic (exact) mass is 167 g/mol. The van der Waals surface area contributed by atoms with Gasteiger partial charge in [-0.05, 0) is 19.8 Å². The lowest BCUT2D eigenvalue weighted by molar-refractivity contribution is 0.113. The molecule has 10 heavy (non-hydrogen) atoms. The Morgan fingerprint density at radius 1 is 1.40 bits per heavy atom. The van der Waals surface area contributed by atoms with Crippen LogP contribution in [-0.2, 0) is 0 Å². The third-order valence-electron chi connectivity index (χ3n) is 2.15. The summed E-state index contributed by atoms with van der Waals surface area (Å²) >= 11 is 0. The summed E-state index contributed by atoms with van der Waals surface area (Å²) in [5, 5.41) is 0. The molecule has 1 unspecified atom stereocenters. The van der Waals surface area contributed by atoms with Gasteiger partial charge < -0.3 is 0 Å². The lowest BCUT2D eigenvalue weighted by Crippen LogP contribution is -2.37. The van der Waals surface area contributed by atoms with Crippen molar-refractivity contribution >= 4 is 12.4 Å². The number of nitrogens with two attached hydrogens (primary N) is 1. The molecule has 0 aromatic heterocycles. The molecule has 0 aromatic rings. The zero-order valence-electron chi connectivity index (χ0n) is 6.27. The molecule has 0 amide bonds. The summed E-state index contributed by atoms with van der Waals surface area (Å²) in [6, 6.07) is 0. The number of hydrogen-bond donors (Lipinski definition) is 1. The second kappa shape index (κ2) is 3.54. The van der Waals surface area contributed by atoms with Crippen molar-refractivity contribution in [2.45, 2.75) is 38.4 Å². The van der Waals surface area contributed by atoms with Crippen molar-refractivity contribution in [2.24, 2.45) is 11.7 Å². The Morgan fingerprint density at radius 2 is 1.80 bits per heavy atom. The summed E-state index contributed by atoms with van der Waals surface area (Å²) in [6.45, 7) is 1.48. The van der Waals surface area contributed by atoms with Gasteiger partial charge in [0.2, 0.25) is 0 Å². The Bertz CT molecular complexity index is 94.3. The van der Waals surface area contributed by atoms with Crippen molar-refractivity contribution in [1.82, 2.24) is 0 Å². The van der Waals surface area contributed by atoms with Crippen LogP contribution in [0.4, 0.5) is 4.39 Å². The zero-order chi connectivity index (χ0) is 6.91. The van der Waals surface area contributed by atoms with Crippen LogP contribution in [0, 0.1) is 5.92 Å². The molecule has 0 radical (unpaired) electrons. The molecule has 0 spiro atoms. The van der Waals surface area contributed by atoms with Gasteiger partial charge in [0.15, 0.2) is 5.79 Å². The molecule has 0 bridgehead atoms. The fourth-order valence-electron chi connectivity index (χ4n) is 1.49. The maximum atomic E-state index is 12.9. The third-order valence-corrected chi connectivity index (χ3v) is 2.15.